The molecule has 0 aliphatic carbocycles. The van der Waals surface area contributed by atoms with Gasteiger partial charge in [-0.15, -0.1) is 26.3 Å². The largest absolute Gasteiger partial charge is 0.495 e. The Balaban J connectivity index is 3.26. The molecule has 0 fully saturated rings. The molecule has 0 bridgehead atoms. The van der Waals surface area contributed by atoms with Crippen molar-refractivity contribution in [1.29, 1.82) is 0 Å². The summed E-state index contributed by atoms with van der Waals surface area (Å²) in [5, 5.41) is 84.8. The average Bonchev–Trinajstić information content (AvgIpc) is 1.33. The monoisotopic (exact) mass is 1380 g/mol. The molecular weight excluding hydrogens is 1320 g/mol. The maximum atomic E-state index is 14.3. The molecule has 0 spiro atoms. The second kappa shape index (κ2) is 38.5. The summed E-state index contributed by atoms with van der Waals surface area (Å²) in [7, 11) is 0. The van der Waals surface area contributed by atoms with Crippen LogP contribution in [0.5, 0.6) is 0 Å². The summed E-state index contributed by atoms with van der Waals surface area (Å²) < 4.78 is 310. The van der Waals surface area contributed by atoms with Crippen molar-refractivity contribution in [2.24, 2.45) is 0 Å². The van der Waals surface area contributed by atoms with Crippen molar-refractivity contribution in [3.8, 4) is 0 Å². The van der Waals surface area contributed by atoms with Gasteiger partial charge in [0.2, 0.25) is 0 Å². The van der Waals surface area contributed by atoms with Crippen LogP contribution in [0.25, 0.3) is 0 Å². The SMILES string of the molecule is O=c1n(CC(O)COCC(F)(F)OC(F)(F)OC(F)(F)COCCOCC(O)CO)c(=O)n(CC(O)COCC(F)(F)OC(F)(F)OC(F)(F)COCCOCC(O)CO)c(=O)n1CC(O)COCC(F)(F)OC(F)(F)OC(F)(F)COCCOCC(O)CO. The number of alkyl halides is 18. The molecule has 0 amide bonds. The number of hydrogen-bond donors (Lipinski definition) is 9. The topological polar surface area (TPSA) is 387 Å². The first-order valence-electron chi connectivity index (χ1n) is 25.0. The predicted octanol–water partition coefficient (Wildman–Crippen LogP) is -2.23. The van der Waals surface area contributed by atoms with Crippen molar-refractivity contribution in [2.75, 3.05) is 139 Å². The molecule has 0 saturated carbocycles. The van der Waals surface area contributed by atoms with Crippen LogP contribution in [0.2, 0.25) is 0 Å². The average molecular weight is 1380 g/mol. The number of ether oxygens (including phenoxy) is 15. The summed E-state index contributed by atoms with van der Waals surface area (Å²) in [6.45, 7) is -30.9. The van der Waals surface area contributed by atoms with Crippen LogP contribution in [0.1, 0.15) is 0 Å². The highest BCUT2D eigenvalue weighted by Crippen LogP contribution is 2.36. The molecule has 1 aromatic rings. The molecule has 0 saturated heterocycles. The highest BCUT2D eigenvalue weighted by molar-refractivity contribution is 4.83. The van der Waals surface area contributed by atoms with E-state index in [9.17, 15) is 109 Å². The smallest absolute Gasteiger partial charge is 0.394 e. The lowest BCUT2D eigenvalue weighted by Gasteiger charge is -2.26. The molecule has 1 rings (SSSR count). The van der Waals surface area contributed by atoms with E-state index in [1.165, 1.54) is 0 Å². The number of hydrogen-bond acceptors (Lipinski definition) is 27. The number of rotatable bonds is 54. The van der Waals surface area contributed by atoms with Gasteiger partial charge in [-0.2, -0.15) is 52.7 Å². The Morgan fingerprint density at radius 2 is 0.444 bits per heavy atom. The minimum Gasteiger partial charge on any atom is -0.394 e. The van der Waals surface area contributed by atoms with Gasteiger partial charge in [0.25, 0.3) is 0 Å². The van der Waals surface area contributed by atoms with E-state index in [-0.39, 0.29) is 13.7 Å². The van der Waals surface area contributed by atoms with Crippen LogP contribution in [0.15, 0.2) is 14.4 Å². The maximum absolute atomic E-state index is 14.3. The molecule has 0 aliphatic heterocycles. The Hall–Kier alpha value is -3.81. The number of aliphatic hydroxyl groups excluding tert-OH is 9. The zero-order chi connectivity index (χ0) is 69.0. The van der Waals surface area contributed by atoms with E-state index in [0.29, 0.717) is 0 Å². The number of nitrogens with zero attached hydrogens (tertiary/aromatic N) is 3. The standard InChI is InChI=1S/C42H63F18N3O27/c43-34(44,19-79-4-1-76-16-28(70)10-64)85-40(55,56)88-37(49,50)22-82-13-25(67)7-61-31(73)62(8-26(68)14-83-23-38(51,52)89-41(57,58)86-35(45,46)20-80-5-2-77-17-29(71)11-65)33(75)63(32(61)74)9-27(69)15-84-24-39(53,54)90-42(59,60)87-36(47,48)21-81-6-3-78-18-30(72)12-66/h25-30,64-72H,1-24H2. The fourth-order valence-electron chi connectivity index (χ4n) is 5.91. The van der Waals surface area contributed by atoms with Crippen LogP contribution in [-0.4, -0.2) is 291 Å². The quantitative estimate of drug-likeness (QED) is 0.0189. The van der Waals surface area contributed by atoms with Crippen molar-refractivity contribution in [3.05, 3.63) is 31.5 Å². The summed E-state index contributed by atoms with van der Waals surface area (Å²) in [4.78, 5) is 40.3. The molecular formula is C42H63F18N3O27. The molecule has 30 nitrogen and oxygen atoms in total. The van der Waals surface area contributed by atoms with Crippen molar-refractivity contribution in [3.63, 3.8) is 0 Å². The maximum Gasteiger partial charge on any atom is 0.495 e. The van der Waals surface area contributed by atoms with Gasteiger partial charge in [-0.1, -0.05) is 0 Å². The lowest BCUT2D eigenvalue weighted by molar-refractivity contribution is -0.519. The lowest BCUT2D eigenvalue weighted by atomic mass is 10.3. The Bertz CT molecular complexity index is 2080. The van der Waals surface area contributed by atoms with E-state index in [0.717, 1.165) is 0 Å². The van der Waals surface area contributed by atoms with Gasteiger partial charge in [0, 0.05) is 0 Å². The second-order valence-electron chi connectivity index (χ2n) is 17.9. The third-order valence-corrected chi connectivity index (χ3v) is 9.40. The zero-order valence-electron chi connectivity index (χ0n) is 46.0. The van der Waals surface area contributed by atoms with Crippen LogP contribution < -0.4 is 17.1 Å². The van der Waals surface area contributed by atoms with Gasteiger partial charge in [0.1, 0.15) is 58.0 Å². The van der Waals surface area contributed by atoms with Crippen molar-refractivity contribution in [2.45, 2.75) is 112 Å². The molecule has 0 aliphatic rings. The molecule has 9 N–H and O–H groups in total. The Labute approximate surface area is 491 Å². The number of aromatic nitrogens is 3. The summed E-state index contributed by atoms with van der Waals surface area (Å²) in [6, 6.07) is 0. The van der Waals surface area contributed by atoms with Crippen LogP contribution in [0, 0.1) is 0 Å². The minimum atomic E-state index is -5.87. The van der Waals surface area contributed by atoms with Gasteiger partial charge in [-0.3, -0.25) is 0 Å². The van der Waals surface area contributed by atoms with Crippen LogP contribution in [-0.2, 0) is 90.7 Å². The second-order valence-corrected chi connectivity index (χ2v) is 17.9. The normalized spacial score (nSPS) is 15.8. The van der Waals surface area contributed by atoms with E-state index >= 15 is 0 Å². The van der Waals surface area contributed by atoms with Crippen molar-refractivity contribution >= 4 is 0 Å². The highest BCUT2D eigenvalue weighted by atomic mass is 19.3. The van der Waals surface area contributed by atoms with Crippen LogP contribution in [0.4, 0.5) is 79.0 Å². The van der Waals surface area contributed by atoms with Gasteiger partial charge in [0.05, 0.1) is 137 Å². The lowest BCUT2D eigenvalue weighted by Crippen LogP contribution is -2.57. The fraction of sp³-hybridized carbons (Fsp3) is 0.929. The first-order chi connectivity index (χ1) is 41.3. The van der Waals surface area contributed by atoms with Crippen LogP contribution in [0.3, 0.4) is 0 Å². The molecule has 6 unspecified atom stereocenters. The molecule has 0 aromatic carbocycles. The highest BCUT2D eigenvalue weighted by Gasteiger charge is 2.55. The summed E-state index contributed by atoms with van der Waals surface area (Å²) in [5.74, 6) is 0. The number of halogens is 18. The van der Waals surface area contributed by atoms with E-state index < -0.39 is 268 Å². The van der Waals surface area contributed by atoms with Gasteiger partial charge < -0.3 is 88.6 Å². The third-order valence-electron chi connectivity index (χ3n) is 9.40. The van der Waals surface area contributed by atoms with Gasteiger partial charge in [0.15, 0.2) is 0 Å². The first kappa shape index (κ1) is 84.2. The minimum absolute atomic E-state index is 0.311. The summed E-state index contributed by atoms with van der Waals surface area (Å²) in [5.41, 5.74) is -6.09. The van der Waals surface area contributed by atoms with Gasteiger partial charge in [-0.25, -0.2) is 56.5 Å². The molecule has 1 aromatic heterocycles. The third kappa shape index (κ3) is 37.2. The van der Waals surface area contributed by atoms with Gasteiger partial charge >= 0.3 is 72.6 Å². The molecule has 1 heterocycles. The zero-order valence-corrected chi connectivity index (χ0v) is 46.0. The molecule has 6 atom stereocenters. The Morgan fingerprint density at radius 3 is 0.633 bits per heavy atom. The molecule has 90 heavy (non-hydrogen) atoms. The number of aliphatic hydroxyl groups is 9. The van der Waals surface area contributed by atoms with Crippen molar-refractivity contribution in [1.82, 2.24) is 13.7 Å². The Kier molecular flexibility index (Phi) is 36.0. The predicted molar refractivity (Wildman–Crippen MR) is 245 cm³/mol. The van der Waals surface area contributed by atoms with Gasteiger partial charge in [-0.05, 0) is 0 Å². The molecule has 534 valence electrons. The van der Waals surface area contributed by atoms with E-state index in [4.69, 9.17) is 44.8 Å². The van der Waals surface area contributed by atoms with E-state index in [2.05, 4.69) is 56.8 Å². The van der Waals surface area contributed by atoms with E-state index in [1.54, 1.807) is 0 Å². The Morgan fingerprint density at radius 1 is 0.278 bits per heavy atom. The summed E-state index contributed by atoms with van der Waals surface area (Å²) >= 11 is 0. The molecule has 48 heteroatoms. The molecule has 0 radical (unpaired) electrons. The first-order valence-corrected chi connectivity index (χ1v) is 25.0. The van der Waals surface area contributed by atoms with E-state index in [1.807, 2.05) is 0 Å². The fourth-order valence-corrected chi connectivity index (χ4v) is 5.91. The van der Waals surface area contributed by atoms with Crippen LogP contribution >= 0.6 is 0 Å². The summed E-state index contributed by atoms with van der Waals surface area (Å²) in [6.07, 6.45) is -60.6. The van der Waals surface area contributed by atoms with Crippen molar-refractivity contribution < 1.29 is 196 Å².